The molecule has 0 bridgehead atoms. The van der Waals surface area contributed by atoms with Crippen LogP contribution in [0, 0.1) is 5.92 Å². The number of esters is 1. The van der Waals surface area contributed by atoms with Gasteiger partial charge in [0, 0.05) is 29.0 Å². The number of hydrogen-bond donors (Lipinski definition) is 2. The number of amides is 2. The van der Waals surface area contributed by atoms with Gasteiger partial charge in [0.2, 0.25) is 5.91 Å². The number of rotatable bonds is 3. The van der Waals surface area contributed by atoms with E-state index in [2.05, 4.69) is 10.3 Å². The second kappa shape index (κ2) is 8.17. The second-order valence-electron chi connectivity index (χ2n) is 8.26. The molecule has 0 spiro atoms. The average molecular weight is 486 g/mol. The number of carbonyl (C=O) groups is 3. The molecule has 1 fully saturated rings. The van der Waals surface area contributed by atoms with E-state index in [9.17, 15) is 14.4 Å². The SMILES string of the molecule is COC(=O)[C@]1([C@H]2CCN(C(=O)c3ccc(Cl)cc3Cl)C2=O)NCCc2c1[nH]c1ccccc21. The molecule has 0 unspecified atom stereocenters. The average Bonchev–Trinajstić information content (AvgIpc) is 3.39. The fraction of sp³-hybridized carbons (Fsp3) is 0.292. The molecule has 2 amide bonds. The number of benzene rings is 2. The van der Waals surface area contributed by atoms with Crippen LogP contribution >= 0.6 is 23.2 Å². The van der Waals surface area contributed by atoms with Crippen molar-refractivity contribution in [3.8, 4) is 0 Å². The minimum atomic E-state index is -1.42. The van der Waals surface area contributed by atoms with E-state index in [0.29, 0.717) is 30.1 Å². The first kappa shape index (κ1) is 21.9. The van der Waals surface area contributed by atoms with Crippen molar-refractivity contribution in [2.75, 3.05) is 20.2 Å². The number of fused-ring (bicyclic) bond motifs is 3. The predicted octanol–water partition coefficient (Wildman–Crippen LogP) is 3.68. The van der Waals surface area contributed by atoms with Crippen LogP contribution in [0.15, 0.2) is 42.5 Å². The number of halogens is 2. The van der Waals surface area contributed by atoms with Crippen LogP contribution in [0.4, 0.5) is 0 Å². The van der Waals surface area contributed by atoms with Crippen molar-refractivity contribution in [3.63, 3.8) is 0 Å². The van der Waals surface area contributed by atoms with E-state index in [1.54, 1.807) is 6.07 Å². The molecule has 2 aliphatic heterocycles. The van der Waals surface area contributed by atoms with Gasteiger partial charge in [-0.3, -0.25) is 19.8 Å². The third-order valence-electron chi connectivity index (χ3n) is 6.63. The van der Waals surface area contributed by atoms with Crippen LogP contribution < -0.4 is 5.32 Å². The number of imide groups is 1. The van der Waals surface area contributed by atoms with E-state index in [1.807, 2.05) is 24.3 Å². The first-order valence-corrected chi connectivity index (χ1v) is 11.4. The Morgan fingerprint density at radius 3 is 2.73 bits per heavy atom. The van der Waals surface area contributed by atoms with Crippen LogP contribution in [0.1, 0.15) is 28.0 Å². The van der Waals surface area contributed by atoms with Gasteiger partial charge >= 0.3 is 5.97 Å². The third kappa shape index (κ3) is 3.26. The van der Waals surface area contributed by atoms with Crippen LogP contribution in [-0.2, 0) is 26.3 Å². The fourth-order valence-electron chi connectivity index (χ4n) is 5.14. The maximum absolute atomic E-state index is 13.6. The molecule has 0 saturated carbocycles. The van der Waals surface area contributed by atoms with E-state index in [0.717, 1.165) is 21.4 Å². The lowest BCUT2D eigenvalue weighted by molar-refractivity contribution is -0.156. The molecule has 3 heterocycles. The number of nitrogens with one attached hydrogen (secondary N) is 2. The highest BCUT2D eigenvalue weighted by Gasteiger charge is 2.58. The van der Waals surface area contributed by atoms with E-state index in [4.69, 9.17) is 27.9 Å². The van der Waals surface area contributed by atoms with Gasteiger partial charge in [-0.1, -0.05) is 41.4 Å². The Bertz CT molecular complexity index is 1300. The zero-order chi connectivity index (χ0) is 23.3. The van der Waals surface area contributed by atoms with Gasteiger partial charge in [-0.05, 0) is 42.7 Å². The molecule has 2 aliphatic rings. The number of methoxy groups -OCH3 is 1. The standard InChI is InChI=1S/C24H21Cl2N3O4/c1-33-23(32)24(20-15(8-10-27-24)14-4-2-3-5-19(14)28-20)17-9-11-29(22(17)31)21(30)16-7-6-13(25)12-18(16)26/h2-7,12,17,27-28H,8-11H2,1H3/t17-,24+/m0/s1. The summed E-state index contributed by atoms with van der Waals surface area (Å²) >= 11 is 12.2. The number of aromatic amines is 1. The van der Waals surface area contributed by atoms with Crippen molar-refractivity contribution in [1.29, 1.82) is 0 Å². The monoisotopic (exact) mass is 485 g/mol. The van der Waals surface area contributed by atoms with Gasteiger partial charge in [-0.25, -0.2) is 4.79 Å². The number of likely N-dealkylation sites (tertiary alicyclic amines) is 1. The Morgan fingerprint density at radius 2 is 1.97 bits per heavy atom. The summed E-state index contributed by atoms with van der Waals surface area (Å²) in [5, 5.41) is 4.85. The lowest BCUT2D eigenvalue weighted by Gasteiger charge is -2.39. The molecule has 0 aliphatic carbocycles. The molecule has 2 aromatic carbocycles. The second-order valence-corrected chi connectivity index (χ2v) is 9.10. The molecule has 1 aromatic heterocycles. The molecular formula is C24H21Cl2N3O4. The highest BCUT2D eigenvalue weighted by atomic mass is 35.5. The van der Waals surface area contributed by atoms with Gasteiger partial charge in [0.1, 0.15) is 0 Å². The van der Waals surface area contributed by atoms with Gasteiger partial charge in [0.15, 0.2) is 5.54 Å². The molecule has 3 aromatic rings. The van der Waals surface area contributed by atoms with Gasteiger partial charge in [0.25, 0.3) is 5.91 Å². The molecular weight excluding hydrogens is 465 g/mol. The molecule has 9 heteroatoms. The van der Waals surface area contributed by atoms with Crippen LogP contribution in [-0.4, -0.2) is 47.9 Å². The van der Waals surface area contributed by atoms with Crippen LogP contribution in [0.25, 0.3) is 10.9 Å². The van der Waals surface area contributed by atoms with Crippen LogP contribution in [0.5, 0.6) is 0 Å². The lowest BCUT2D eigenvalue weighted by Crippen LogP contribution is -2.60. The molecule has 1 saturated heterocycles. The normalized spacial score (nSPS) is 22.5. The zero-order valence-electron chi connectivity index (χ0n) is 17.8. The summed E-state index contributed by atoms with van der Waals surface area (Å²) in [6.45, 7) is 0.655. The molecule has 2 atom stereocenters. The van der Waals surface area contributed by atoms with E-state index in [1.165, 1.54) is 19.2 Å². The van der Waals surface area contributed by atoms with Gasteiger partial charge in [0.05, 0.1) is 29.3 Å². The maximum Gasteiger partial charge on any atom is 0.333 e. The Hall–Kier alpha value is -2.87. The van der Waals surface area contributed by atoms with E-state index >= 15 is 0 Å². The van der Waals surface area contributed by atoms with Crippen molar-refractivity contribution in [2.24, 2.45) is 5.92 Å². The minimum absolute atomic E-state index is 0.164. The molecule has 33 heavy (non-hydrogen) atoms. The van der Waals surface area contributed by atoms with Crippen LogP contribution in [0.3, 0.4) is 0 Å². The van der Waals surface area contributed by atoms with Gasteiger partial charge < -0.3 is 9.72 Å². The number of carbonyl (C=O) groups excluding carboxylic acids is 3. The highest BCUT2D eigenvalue weighted by Crippen LogP contribution is 2.43. The largest absolute Gasteiger partial charge is 0.467 e. The van der Waals surface area contributed by atoms with E-state index in [-0.39, 0.29) is 17.1 Å². The predicted molar refractivity (Wildman–Crippen MR) is 124 cm³/mol. The Balaban J connectivity index is 1.58. The first-order valence-electron chi connectivity index (χ1n) is 10.6. The Labute approximate surface area is 200 Å². The number of para-hydroxylation sites is 1. The fourth-order valence-corrected chi connectivity index (χ4v) is 5.63. The molecule has 5 rings (SSSR count). The summed E-state index contributed by atoms with van der Waals surface area (Å²) in [6, 6.07) is 12.3. The highest BCUT2D eigenvalue weighted by molar-refractivity contribution is 6.37. The van der Waals surface area contributed by atoms with Crippen molar-refractivity contribution >= 4 is 51.9 Å². The zero-order valence-corrected chi connectivity index (χ0v) is 19.3. The van der Waals surface area contributed by atoms with Crippen molar-refractivity contribution < 1.29 is 19.1 Å². The van der Waals surface area contributed by atoms with Gasteiger partial charge in [-0.2, -0.15) is 0 Å². The molecule has 170 valence electrons. The van der Waals surface area contributed by atoms with Gasteiger partial charge in [-0.15, -0.1) is 0 Å². The maximum atomic E-state index is 13.6. The third-order valence-corrected chi connectivity index (χ3v) is 7.18. The summed E-state index contributed by atoms with van der Waals surface area (Å²) in [4.78, 5) is 44.6. The summed E-state index contributed by atoms with van der Waals surface area (Å²) in [5.74, 6) is -2.36. The summed E-state index contributed by atoms with van der Waals surface area (Å²) in [6.07, 6.45) is 0.995. The smallest absolute Gasteiger partial charge is 0.333 e. The summed E-state index contributed by atoms with van der Waals surface area (Å²) in [7, 11) is 1.30. The van der Waals surface area contributed by atoms with Crippen molar-refractivity contribution in [2.45, 2.75) is 18.4 Å². The first-order chi connectivity index (χ1) is 15.9. The molecule has 0 radical (unpaired) electrons. The summed E-state index contributed by atoms with van der Waals surface area (Å²) < 4.78 is 5.21. The van der Waals surface area contributed by atoms with E-state index < -0.39 is 29.2 Å². The lowest BCUT2D eigenvalue weighted by atomic mass is 9.75. The van der Waals surface area contributed by atoms with Crippen molar-refractivity contribution in [1.82, 2.24) is 15.2 Å². The molecule has 2 N–H and O–H groups in total. The minimum Gasteiger partial charge on any atom is -0.467 e. The van der Waals surface area contributed by atoms with Crippen LogP contribution in [0.2, 0.25) is 10.0 Å². The number of ether oxygens (including phenoxy) is 1. The quantitative estimate of drug-likeness (QED) is 0.436. The molecule has 7 nitrogen and oxygen atoms in total. The number of hydrogen-bond acceptors (Lipinski definition) is 5. The van der Waals surface area contributed by atoms with Crippen molar-refractivity contribution in [3.05, 3.63) is 69.3 Å². The number of aromatic nitrogens is 1. The topological polar surface area (TPSA) is 91.5 Å². The number of H-pyrrole nitrogens is 1. The Morgan fingerprint density at radius 1 is 1.18 bits per heavy atom. The summed E-state index contributed by atoms with van der Waals surface area (Å²) in [5.41, 5.74) is 1.25. The number of nitrogens with zero attached hydrogens (tertiary/aromatic N) is 1. The Kier molecular flexibility index (Phi) is 5.43.